The lowest BCUT2D eigenvalue weighted by molar-refractivity contribution is 0.322. The molecule has 1 N–H and O–H groups in total. The van der Waals surface area contributed by atoms with Crippen LogP contribution in [0.5, 0.6) is 0 Å². The van der Waals surface area contributed by atoms with Crippen LogP contribution in [0, 0.1) is 5.92 Å². The van der Waals surface area contributed by atoms with Crippen LogP contribution < -0.4 is 5.32 Å². The maximum Gasteiger partial charge on any atom is 0.0230 e. The molecule has 1 fully saturated rings. The standard InChI is InChI=1S/C8H16BrN/c1-8(2,9)7-3-5-10-6-4-7/h7,10H,3-6H2,1-2H3. The Kier molecular flexibility index (Phi) is 2.75. The lowest BCUT2D eigenvalue weighted by Gasteiger charge is -2.32. The zero-order valence-corrected chi connectivity index (χ0v) is 8.37. The van der Waals surface area contributed by atoms with Crippen molar-refractivity contribution in [2.45, 2.75) is 31.0 Å². The lowest BCUT2D eigenvalue weighted by atomic mass is 9.87. The summed E-state index contributed by atoms with van der Waals surface area (Å²) in [5.74, 6) is 0.855. The number of nitrogens with one attached hydrogen (secondary N) is 1. The van der Waals surface area contributed by atoms with Gasteiger partial charge in [0.05, 0.1) is 0 Å². The van der Waals surface area contributed by atoms with Crippen LogP contribution in [0.3, 0.4) is 0 Å². The van der Waals surface area contributed by atoms with E-state index < -0.39 is 0 Å². The molecule has 0 aromatic rings. The van der Waals surface area contributed by atoms with Crippen molar-refractivity contribution in [2.75, 3.05) is 13.1 Å². The summed E-state index contributed by atoms with van der Waals surface area (Å²) in [6.07, 6.45) is 2.64. The molecule has 0 atom stereocenters. The Morgan fingerprint density at radius 2 is 1.80 bits per heavy atom. The van der Waals surface area contributed by atoms with E-state index in [9.17, 15) is 0 Å². The molecule has 0 unspecified atom stereocenters. The molecule has 1 aliphatic heterocycles. The molecule has 0 amide bonds. The van der Waals surface area contributed by atoms with Crippen LogP contribution >= 0.6 is 15.9 Å². The zero-order chi connectivity index (χ0) is 7.61. The smallest absolute Gasteiger partial charge is 0.0230 e. The molecule has 1 heterocycles. The van der Waals surface area contributed by atoms with Gasteiger partial charge in [-0.2, -0.15) is 0 Å². The predicted molar refractivity (Wildman–Crippen MR) is 48.6 cm³/mol. The predicted octanol–water partition coefficient (Wildman–Crippen LogP) is 2.16. The van der Waals surface area contributed by atoms with Gasteiger partial charge in [-0.25, -0.2) is 0 Å². The molecule has 0 radical (unpaired) electrons. The largest absolute Gasteiger partial charge is 0.317 e. The first kappa shape index (κ1) is 8.54. The minimum absolute atomic E-state index is 0.342. The Labute approximate surface area is 71.7 Å². The third-order valence-corrected chi connectivity index (χ3v) is 2.96. The zero-order valence-electron chi connectivity index (χ0n) is 6.78. The van der Waals surface area contributed by atoms with E-state index in [1.807, 2.05) is 0 Å². The summed E-state index contributed by atoms with van der Waals surface area (Å²) in [7, 11) is 0. The summed E-state index contributed by atoms with van der Waals surface area (Å²) in [5.41, 5.74) is 0. The fourth-order valence-corrected chi connectivity index (χ4v) is 1.97. The van der Waals surface area contributed by atoms with Crippen LogP contribution in [0.1, 0.15) is 26.7 Å². The second kappa shape index (κ2) is 3.22. The first-order valence-electron chi connectivity index (χ1n) is 4.00. The average Bonchev–Trinajstić information content (AvgIpc) is 1.88. The van der Waals surface area contributed by atoms with Crippen molar-refractivity contribution in [3.63, 3.8) is 0 Å². The van der Waals surface area contributed by atoms with Crippen molar-refractivity contribution in [1.82, 2.24) is 5.32 Å². The van der Waals surface area contributed by atoms with Gasteiger partial charge in [0.25, 0.3) is 0 Å². The number of halogens is 1. The van der Waals surface area contributed by atoms with E-state index >= 15 is 0 Å². The molecule has 0 aromatic heterocycles. The van der Waals surface area contributed by atoms with E-state index in [0.717, 1.165) is 5.92 Å². The van der Waals surface area contributed by atoms with Gasteiger partial charge in [-0.3, -0.25) is 0 Å². The minimum atomic E-state index is 0.342. The number of hydrogen-bond donors (Lipinski definition) is 1. The second-order valence-corrected chi connectivity index (χ2v) is 5.63. The van der Waals surface area contributed by atoms with Crippen LogP contribution in [-0.4, -0.2) is 17.4 Å². The van der Waals surface area contributed by atoms with Crippen LogP contribution in [0.2, 0.25) is 0 Å². The van der Waals surface area contributed by atoms with Crippen molar-refractivity contribution in [3.8, 4) is 0 Å². The fourth-order valence-electron chi connectivity index (χ4n) is 1.51. The summed E-state index contributed by atoms with van der Waals surface area (Å²) < 4.78 is 0.342. The van der Waals surface area contributed by atoms with Crippen molar-refractivity contribution in [2.24, 2.45) is 5.92 Å². The van der Waals surface area contributed by atoms with Crippen molar-refractivity contribution in [1.29, 1.82) is 0 Å². The summed E-state index contributed by atoms with van der Waals surface area (Å²) in [4.78, 5) is 0. The SMILES string of the molecule is CC(C)(Br)C1CCNCC1. The van der Waals surface area contributed by atoms with Gasteiger partial charge in [-0.15, -0.1) is 0 Å². The average molecular weight is 206 g/mol. The minimum Gasteiger partial charge on any atom is -0.317 e. The first-order valence-corrected chi connectivity index (χ1v) is 4.79. The Hall–Kier alpha value is 0.440. The number of alkyl halides is 1. The summed E-state index contributed by atoms with van der Waals surface area (Å²) >= 11 is 3.71. The van der Waals surface area contributed by atoms with Gasteiger partial charge in [-0.1, -0.05) is 15.9 Å². The van der Waals surface area contributed by atoms with E-state index in [4.69, 9.17) is 0 Å². The highest BCUT2D eigenvalue weighted by Gasteiger charge is 2.27. The second-order valence-electron chi connectivity index (χ2n) is 3.59. The van der Waals surface area contributed by atoms with Gasteiger partial charge in [0.15, 0.2) is 0 Å². The highest BCUT2D eigenvalue weighted by atomic mass is 79.9. The maximum absolute atomic E-state index is 3.71. The molecule has 1 saturated heterocycles. The van der Waals surface area contributed by atoms with E-state index in [-0.39, 0.29) is 0 Å². The molecule has 0 aliphatic carbocycles. The molecule has 10 heavy (non-hydrogen) atoms. The molecule has 0 bridgehead atoms. The molecule has 60 valence electrons. The molecule has 1 rings (SSSR count). The fraction of sp³-hybridized carbons (Fsp3) is 1.00. The van der Waals surface area contributed by atoms with Gasteiger partial charge in [-0.05, 0) is 45.7 Å². The summed E-state index contributed by atoms with van der Waals surface area (Å²) in [5, 5.41) is 3.37. The molecular weight excluding hydrogens is 190 g/mol. The Morgan fingerprint density at radius 3 is 2.10 bits per heavy atom. The van der Waals surface area contributed by atoms with Crippen LogP contribution in [-0.2, 0) is 0 Å². The number of rotatable bonds is 1. The van der Waals surface area contributed by atoms with E-state index in [0.29, 0.717) is 4.32 Å². The summed E-state index contributed by atoms with van der Waals surface area (Å²) in [6, 6.07) is 0. The lowest BCUT2D eigenvalue weighted by Crippen LogP contribution is -2.36. The molecule has 1 nitrogen and oxygen atoms in total. The Balaban J connectivity index is 2.39. The van der Waals surface area contributed by atoms with Crippen molar-refractivity contribution in [3.05, 3.63) is 0 Å². The third-order valence-electron chi connectivity index (χ3n) is 2.31. The Bertz CT molecular complexity index is 100. The number of piperidine rings is 1. The summed E-state index contributed by atoms with van der Waals surface area (Å²) in [6.45, 7) is 6.92. The van der Waals surface area contributed by atoms with E-state index in [1.54, 1.807) is 0 Å². The first-order chi connectivity index (χ1) is 4.61. The Morgan fingerprint density at radius 1 is 1.30 bits per heavy atom. The third kappa shape index (κ3) is 2.24. The maximum atomic E-state index is 3.71. The van der Waals surface area contributed by atoms with E-state index in [1.165, 1.54) is 25.9 Å². The van der Waals surface area contributed by atoms with Gasteiger partial charge in [0, 0.05) is 4.32 Å². The van der Waals surface area contributed by atoms with Crippen molar-refractivity contribution >= 4 is 15.9 Å². The van der Waals surface area contributed by atoms with Gasteiger partial charge in [0.2, 0.25) is 0 Å². The molecular formula is C8H16BrN. The van der Waals surface area contributed by atoms with Gasteiger partial charge < -0.3 is 5.32 Å². The molecule has 1 aliphatic rings. The quantitative estimate of drug-likeness (QED) is 0.648. The van der Waals surface area contributed by atoms with E-state index in [2.05, 4.69) is 35.1 Å². The highest BCUT2D eigenvalue weighted by Crippen LogP contribution is 2.32. The molecule has 0 saturated carbocycles. The topological polar surface area (TPSA) is 12.0 Å². The normalized spacial score (nSPS) is 23.1. The molecule has 0 spiro atoms. The molecule has 0 aromatic carbocycles. The van der Waals surface area contributed by atoms with Gasteiger partial charge >= 0.3 is 0 Å². The van der Waals surface area contributed by atoms with Crippen LogP contribution in [0.25, 0.3) is 0 Å². The monoisotopic (exact) mass is 205 g/mol. The van der Waals surface area contributed by atoms with Gasteiger partial charge in [0.1, 0.15) is 0 Å². The highest BCUT2D eigenvalue weighted by molar-refractivity contribution is 9.10. The number of hydrogen-bond acceptors (Lipinski definition) is 1. The molecule has 2 heteroatoms. The van der Waals surface area contributed by atoms with Crippen LogP contribution in [0.15, 0.2) is 0 Å². The van der Waals surface area contributed by atoms with Crippen molar-refractivity contribution < 1.29 is 0 Å². The van der Waals surface area contributed by atoms with Crippen LogP contribution in [0.4, 0.5) is 0 Å².